The van der Waals surface area contributed by atoms with Crippen LogP contribution in [0.15, 0.2) is 41.4 Å². The van der Waals surface area contributed by atoms with Crippen LogP contribution in [0.3, 0.4) is 0 Å². The molecule has 0 aliphatic heterocycles. The number of amides is 1. The lowest BCUT2D eigenvalue weighted by Gasteiger charge is -2.22. The fourth-order valence-corrected chi connectivity index (χ4v) is 2.31. The summed E-state index contributed by atoms with van der Waals surface area (Å²) in [5.41, 5.74) is 0.636. The van der Waals surface area contributed by atoms with E-state index in [-0.39, 0.29) is 11.9 Å². The van der Waals surface area contributed by atoms with Gasteiger partial charge in [0.2, 0.25) is 0 Å². The van der Waals surface area contributed by atoms with Gasteiger partial charge in [-0.3, -0.25) is 9.48 Å². The largest absolute Gasteiger partial charge is 0.347 e. The van der Waals surface area contributed by atoms with Crippen LogP contribution in [-0.4, -0.2) is 26.7 Å². The minimum atomic E-state index is -0.0868. The van der Waals surface area contributed by atoms with Gasteiger partial charge in [-0.2, -0.15) is 5.10 Å². The molecule has 0 radical (unpaired) electrons. The fraction of sp³-hybridized carbons (Fsp3) is 0.357. The number of nitrogens with zero attached hydrogens (tertiary/aromatic N) is 3. The average molecular weight is 337 g/mol. The summed E-state index contributed by atoms with van der Waals surface area (Å²) in [5.74, 6) is 0.210. The topological polar surface area (TPSA) is 59.8 Å². The summed E-state index contributed by atoms with van der Waals surface area (Å²) in [6.45, 7) is 4.75. The molecule has 0 spiro atoms. The molecule has 0 aliphatic carbocycles. The molecule has 0 bridgehead atoms. The Labute approximate surface area is 126 Å². The van der Waals surface area contributed by atoms with E-state index < -0.39 is 0 Å². The zero-order valence-electron chi connectivity index (χ0n) is 11.5. The van der Waals surface area contributed by atoms with Crippen molar-refractivity contribution in [1.29, 1.82) is 0 Å². The third-order valence-electron chi connectivity index (χ3n) is 3.09. The summed E-state index contributed by atoms with van der Waals surface area (Å²) in [4.78, 5) is 16.2. The zero-order chi connectivity index (χ0) is 14.5. The highest BCUT2D eigenvalue weighted by molar-refractivity contribution is 9.10. The summed E-state index contributed by atoms with van der Waals surface area (Å²) in [6, 6.07) is 7.39. The van der Waals surface area contributed by atoms with Crippen molar-refractivity contribution in [2.75, 3.05) is 0 Å². The van der Waals surface area contributed by atoms with E-state index in [1.54, 1.807) is 17.1 Å². The SMILES string of the molecule is CC(C)C(Cn1cncn1)NC(=O)c1ccccc1Br. The molecule has 2 aromatic rings. The lowest BCUT2D eigenvalue weighted by molar-refractivity contribution is 0.0918. The normalized spacial score (nSPS) is 12.4. The van der Waals surface area contributed by atoms with E-state index in [2.05, 4.69) is 45.2 Å². The Balaban J connectivity index is 2.08. The summed E-state index contributed by atoms with van der Waals surface area (Å²) in [6.07, 6.45) is 3.15. The predicted molar refractivity (Wildman–Crippen MR) is 80.3 cm³/mol. The smallest absolute Gasteiger partial charge is 0.252 e. The summed E-state index contributed by atoms with van der Waals surface area (Å²) in [5, 5.41) is 7.14. The van der Waals surface area contributed by atoms with Gasteiger partial charge < -0.3 is 5.32 Å². The van der Waals surface area contributed by atoms with Crippen molar-refractivity contribution >= 4 is 21.8 Å². The minimum absolute atomic E-state index is 0.00342. The van der Waals surface area contributed by atoms with Crippen molar-refractivity contribution in [2.45, 2.75) is 26.4 Å². The Morgan fingerprint density at radius 3 is 2.75 bits per heavy atom. The molecule has 1 aromatic carbocycles. The van der Waals surface area contributed by atoms with Gasteiger partial charge in [0, 0.05) is 4.47 Å². The van der Waals surface area contributed by atoms with Gasteiger partial charge in [-0.15, -0.1) is 0 Å². The van der Waals surface area contributed by atoms with Gasteiger partial charge in [-0.1, -0.05) is 26.0 Å². The molecule has 1 amide bonds. The summed E-state index contributed by atoms with van der Waals surface area (Å²) in [7, 11) is 0. The van der Waals surface area contributed by atoms with Crippen LogP contribution in [0, 0.1) is 5.92 Å². The maximum Gasteiger partial charge on any atom is 0.252 e. The van der Waals surface area contributed by atoms with Gasteiger partial charge in [0.05, 0.1) is 18.2 Å². The number of aromatic nitrogens is 3. The molecule has 2 rings (SSSR count). The fourth-order valence-electron chi connectivity index (χ4n) is 1.84. The first-order valence-electron chi connectivity index (χ1n) is 6.45. The molecule has 1 aromatic heterocycles. The molecule has 5 nitrogen and oxygen atoms in total. The summed E-state index contributed by atoms with van der Waals surface area (Å²) >= 11 is 3.40. The van der Waals surface area contributed by atoms with E-state index in [1.807, 2.05) is 18.2 Å². The molecule has 106 valence electrons. The van der Waals surface area contributed by atoms with Crippen molar-refractivity contribution in [3.8, 4) is 0 Å². The second-order valence-corrected chi connectivity index (χ2v) is 5.78. The first-order chi connectivity index (χ1) is 9.58. The maximum atomic E-state index is 12.3. The number of hydrogen-bond acceptors (Lipinski definition) is 3. The monoisotopic (exact) mass is 336 g/mol. The molecular formula is C14H17BrN4O. The van der Waals surface area contributed by atoms with Crippen LogP contribution < -0.4 is 5.32 Å². The molecular weight excluding hydrogens is 320 g/mol. The second-order valence-electron chi connectivity index (χ2n) is 4.92. The Morgan fingerprint density at radius 2 is 2.15 bits per heavy atom. The Morgan fingerprint density at radius 1 is 1.40 bits per heavy atom. The predicted octanol–water partition coefficient (Wildman–Crippen LogP) is 2.50. The van der Waals surface area contributed by atoms with Crippen LogP contribution in [0.4, 0.5) is 0 Å². The summed E-state index contributed by atoms with van der Waals surface area (Å²) < 4.78 is 2.52. The van der Waals surface area contributed by atoms with Crippen LogP contribution in [0.1, 0.15) is 24.2 Å². The van der Waals surface area contributed by atoms with Gasteiger partial charge in [0.15, 0.2) is 0 Å². The second kappa shape index (κ2) is 6.65. The van der Waals surface area contributed by atoms with Crippen molar-refractivity contribution in [2.24, 2.45) is 5.92 Å². The van der Waals surface area contributed by atoms with Crippen LogP contribution in [-0.2, 0) is 6.54 Å². The van der Waals surface area contributed by atoms with E-state index in [9.17, 15) is 4.79 Å². The first kappa shape index (κ1) is 14.7. The lowest BCUT2D eigenvalue weighted by Crippen LogP contribution is -2.41. The van der Waals surface area contributed by atoms with Crippen LogP contribution >= 0.6 is 15.9 Å². The maximum absolute atomic E-state index is 12.3. The van der Waals surface area contributed by atoms with E-state index in [0.717, 1.165) is 4.47 Å². The molecule has 0 saturated carbocycles. The van der Waals surface area contributed by atoms with Gasteiger partial charge in [-0.25, -0.2) is 4.98 Å². The van der Waals surface area contributed by atoms with Crippen LogP contribution in [0.5, 0.6) is 0 Å². The van der Waals surface area contributed by atoms with Crippen molar-refractivity contribution in [3.63, 3.8) is 0 Å². The third-order valence-corrected chi connectivity index (χ3v) is 3.78. The Bertz CT molecular complexity index is 568. The van der Waals surface area contributed by atoms with Gasteiger partial charge in [0.25, 0.3) is 5.91 Å². The number of benzene rings is 1. The number of carbonyl (C=O) groups is 1. The average Bonchev–Trinajstić information content (AvgIpc) is 2.91. The first-order valence-corrected chi connectivity index (χ1v) is 7.25. The van der Waals surface area contributed by atoms with E-state index >= 15 is 0 Å². The number of carbonyl (C=O) groups excluding carboxylic acids is 1. The van der Waals surface area contributed by atoms with Gasteiger partial charge in [-0.05, 0) is 34.0 Å². The highest BCUT2D eigenvalue weighted by Gasteiger charge is 2.19. The third kappa shape index (κ3) is 3.66. The number of hydrogen-bond donors (Lipinski definition) is 1. The van der Waals surface area contributed by atoms with Gasteiger partial charge in [0.1, 0.15) is 12.7 Å². The number of rotatable bonds is 5. The molecule has 0 saturated heterocycles. The Hall–Kier alpha value is -1.69. The van der Waals surface area contributed by atoms with Crippen LogP contribution in [0.2, 0.25) is 0 Å². The molecule has 1 unspecified atom stereocenters. The van der Waals surface area contributed by atoms with E-state index in [0.29, 0.717) is 18.0 Å². The molecule has 1 N–H and O–H groups in total. The molecule has 1 atom stereocenters. The molecule has 1 heterocycles. The molecule has 20 heavy (non-hydrogen) atoms. The zero-order valence-corrected chi connectivity index (χ0v) is 13.0. The van der Waals surface area contributed by atoms with Crippen molar-refractivity contribution in [3.05, 3.63) is 47.0 Å². The standard InChI is InChI=1S/C14H17BrN4O/c1-10(2)13(7-19-9-16-8-17-19)18-14(20)11-5-3-4-6-12(11)15/h3-6,8-10,13H,7H2,1-2H3,(H,18,20). The molecule has 0 fully saturated rings. The van der Waals surface area contributed by atoms with E-state index in [1.165, 1.54) is 6.33 Å². The van der Waals surface area contributed by atoms with Crippen LogP contribution in [0.25, 0.3) is 0 Å². The highest BCUT2D eigenvalue weighted by Crippen LogP contribution is 2.16. The molecule has 0 aliphatic rings. The quantitative estimate of drug-likeness (QED) is 0.912. The highest BCUT2D eigenvalue weighted by atomic mass is 79.9. The number of halogens is 1. The number of nitrogens with one attached hydrogen (secondary N) is 1. The van der Waals surface area contributed by atoms with Crippen molar-refractivity contribution < 1.29 is 4.79 Å². The minimum Gasteiger partial charge on any atom is -0.347 e. The Kier molecular flexibility index (Phi) is 4.89. The van der Waals surface area contributed by atoms with E-state index in [4.69, 9.17) is 0 Å². The molecule has 6 heteroatoms. The lowest BCUT2D eigenvalue weighted by atomic mass is 10.0. The van der Waals surface area contributed by atoms with Gasteiger partial charge >= 0.3 is 0 Å². The van der Waals surface area contributed by atoms with Crippen molar-refractivity contribution in [1.82, 2.24) is 20.1 Å².